The van der Waals surface area contributed by atoms with Crippen LogP contribution in [0.5, 0.6) is 0 Å². The maximum atomic E-state index is 12.2. The number of nitrogens with zero attached hydrogens (tertiary/aromatic N) is 2. The van der Waals surface area contributed by atoms with Gasteiger partial charge in [0.25, 0.3) is 5.91 Å². The summed E-state index contributed by atoms with van der Waals surface area (Å²) in [6.07, 6.45) is 0.856. The van der Waals surface area contributed by atoms with Gasteiger partial charge < -0.3 is 14.6 Å². The zero-order valence-electron chi connectivity index (χ0n) is 14.7. The number of nitrogens with one attached hydrogen (secondary N) is 1. The van der Waals surface area contributed by atoms with Gasteiger partial charge in [0.2, 0.25) is 0 Å². The Morgan fingerprint density at radius 1 is 1.16 bits per heavy atom. The summed E-state index contributed by atoms with van der Waals surface area (Å²) in [6.45, 7) is 4.03. The van der Waals surface area contributed by atoms with Gasteiger partial charge in [-0.3, -0.25) is 4.79 Å². The Labute approximate surface area is 147 Å². The number of carbonyl (C=O) groups excluding carboxylic acids is 1. The standard InChI is InChI=1S/C20H23N3O2/c1-15-22-18-6-3-4-7-19(18)23(15)13-5-12-21-20(24)17-10-8-16(9-11-17)14-25-2/h3-4,6-11H,5,12-14H2,1-2H3,(H,21,24). The van der Waals surface area contributed by atoms with Crippen LogP contribution in [0.15, 0.2) is 48.5 Å². The summed E-state index contributed by atoms with van der Waals surface area (Å²) in [5, 5.41) is 2.98. The highest BCUT2D eigenvalue weighted by molar-refractivity contribution is 5.94. The first kappa shape index (κ1) is 17.2. The van der Waals surface area contributed by atoms with Gasteiger partial charge in [-0.05, 0) is 43.2 Å². The van der Waals surface area contributed by atoms with Crippen molar-refractivity contribution in [2.75, 3.05) is 13.7 Å². The molecule has 0 saturated heterocycles. The lowest BCUT2D eigenvalue weighted by atomic mass is 10.1. The predicted molar refractivity (Wildman–Crippen MR) is 98.6 cm³/mol. The summed E-state index contributed by atoms with van der Waals surface area (Å²) in [5.74, 6) is 0.956. The van der Waals surface area contributed by atoms with Crippen LogP contribution in [0, 0.1) is 6.92 Å². The van der Waals surface area contributed by atoms with E-state index in [9.17, 15) is 4.79 Å². The van der Waals surface area contributed by atoms with Crippen molar-refractivity contribution >= 4 is 16.9 Å². The van der Waals surface area contributed by atoms with E-state index in [2.05, 4.69) is 20.9 Å². The molecule has 0 aliphatic heterocycles. The van der Waals surface area contributed by atoms with E-state index < -0.39 is 0 Å². The summed E-state index contributed by atoms with van der Waals surface area (Å²) in [6, 6.07) is 15.6. The van der Waals surface area contributed by atoms with Gasteiger partial charge in [0, 0.05) is 25.8 Å². The number of benzene rings is 2. The molecule has 0 radical (unpaired) electrons. The minimum absolute atomic E-state index is 0.0452. The van der Waals surface area contributed by atoms with Gasteiger partial charge >= 0.3 is 0 Å². The van der Waals surface area contributed by atoms with Crippen molar-refractivity contribution in [1.29, 1.82) is 0 Å². The molecule has 0 spiro atoms. The molecule has 0 saturated carbocycles. The Hall–Kier alpha value is -2.66. The number of imidazole rings is 1. The minimum Gasteiger partial charge on any atom is -0.380 e. The first-order valence-corrected chi connectivity index (χ1v) is 8.47. The SMILES string of the molecule is COCc1ccc(C(=O)NCCCn2c(C)nc3ccccc32)cc1. The lowest BCUT2D eigenvalue weighted by Crippen LogP contribution is -2.25. The highest BCUT2D eigenvalue weighted by Gasteiger charge is 2.07. The predicted octanol–water partition coefficient (Wildman–Crippen LogP) is 3.31. The summed E-state index contributed by atoms with van der Waals surface area (Å²) < 4.78 is 7.27. The van der Waals surface area contributed by atoms with Gasteiger partial charge in [-0.25, -0.2) is 4.98 Å². The minimum atomic E-state index is -0.0452. The largest absolute Gasteiger partial charge is 0.380 e. The van der Waals surface area contributed by atoms with Crippen molar-refractivity contribution in [2.45, 2.75) is 26.5 Å². The Bertz CT molecular complexity index is 853. The topological polar surface area (TPSA) is 56.1 Å². The average molecular weight is 337 g/mol. The quantitative estimate of drug-likeness (QED) is 0.673. The van der Waals surface area contributed by atoms with Crippen molar-refractivity contribution in [3.63, 3.8) is 0 Å². The number of aromatic nitrogens is 2. The van der Waals surface area contributed by atoms with E-state index in [1.165, 1.54) is 0 Å². The number of hydrogen-bond donors (Lipinski definition) is 1. The Morgan fingerprint density at radius 3 is 2.68 bits per heavy atom. The first-order chi connectivity index (χ1) is 12.2. The van der Waals surface area contributed by atoms with E-state index in [1.54, 1.807) is 7.11 Å². The molecular weight excluding hydrogens is 314 g/mol. The van der Waals surface area contributed by atoms with Crippen molar-refractivity contribution in [3.8, 4) is 0 Å². The molecule has 0 fully saturated rings. The van der Waals surface area contributed by atoms with Gasteiger partial charge in [-0.15, -0.1) is 0 Å². The molecule has 5 heteroatoms. The monoisotopic (exact) mass is 337 g/mol. The molecule has 25 heavy (non-hydrogen) atoms. The molecule has 0 atom stereocenters. The molecule has 3 aromatic rings. The van der Waals surface area contributed by atoms with Crippen LogP contribution in [0.2, 0.25) is 0 Å². The third-order valence-corrected chi connectivity index (χ3v) is 4.22. The molecule has 0 aliphatic carbocycles. The van der Waals surface area contributed by atoms with Gasteiger partial charge in [0.15, 0.2) is 0 Å². The smallest absolute Gasteiger partial charge is 0.251 e. The van der Waals surface area contributed by atoms with Gasteiger partial charge in [-0.1, -0.05) is 24.3 Å². The van der Waals surface area contributed by atoms with Gasteiger partial charge in [-0.2, -0.15) is 0 Å². The molecule has 0 bridgehead atoms. The van der Waals surface area contributed by atoms with Crippen LogP contribution in [0.3, 0.4) is 0 Å². The molecule has 5 nitrogen and oxygen atoms in total. The zero-order valence-corrected chi connectivity index (χ0v) is 14.7. The molecule has 1 aromatic heterocycles. The number of amides is 1. The number of fused-ring (bicyclic) bond motifs is 1. The lowest BCUT2D eigenvalue weighted by Gasteiger charge is -2.09. The normalized spacial score (nSPS) is 11.0. The Morgan fingerprint density at radius 2 is 1.92 bits per heavy atom. The van der Waals surface area contributed by atoms with Crippen LogP contribution < -0.4 is 5.32 Å². The molecule has 3 rings (SSSR count). The molecule has 130 valence electrons. The van der Waals surface area contributed by atoms with Crippen LogP contribution in [-0.2, 0) is 17.9 Å². The van der Waals surface area contributed by atoms with E-state index in [1.807, 2.05) is 49.4 Å². The number of carbonyl (C=O) groups is 1. The number of para-hydroxylation sites is 2. The highest BCUT2D eigenvalue weighted by atomic mass is 16.5. The summed E-state index contributed by atoms with van der Waals surface area (Å²) in [7, 11) is 1.66. The van der Waals surface area contributed by atoms with Crippen LogP contribution in [0.4, 0.5) is 0 Å². The number of methoxy groups -OCH3 is 1. The third-order valence-electron chi connectivity index (χ3n) is 4.22. The number of ether oxygens (including phenoxy) is 1. The van der Waals surface area contributed by atoms with Gasteiger partial charge in [0.05, 0.1) is 17.6 Å². The first-order valence-electron chi connectivity index (χ1n) is 8.47. The van der Waals surface area contributed by atoms with E-state index in [4.69, 9.17) is 4.74 Å². The van der Waals surface area contributed by atoms with E-state index >= 15 is 0 Å². The summed E-state index contributed by atoms with van der Waals surface area (Å²) >= 11 is 0. The van der Waals surface area contributed by atoms with Crippen LogP contribution in [0.1, 0.15) is 28.2 Å². The van der Waals surface area contributed by atoms with Crippen molar-refractivity contribution in [3.05, 3.63) is 65.5 Å². The maximum absolute atomic E-state index is 12.2. The second-order valence-corrected chi connectivity index (χ2v) is 6.04. The Kier molecular flexibility index (Phi) is 5.46. The fraction of sp³-hybridized carbons (Fsp3) is 0.300. The fourth-order valence-corrected chi connectivity index (χ4v) is 2.94. The van der Waals surface area contributed by atoms with Crippen LogP contribution in [0.25, 0.3) is 11.0 Å². The number of aryl methyl sites for hydroxylation is 2. The number of rotatable bonds is 7. The van der Waals surface area contributed by atoms with Crippen molar-refractivity contribution in [2.24, 2.45) is 0 Å². The van der Waals surface area contributed by atoms with Crippen LogP contribution in [-0.4, -0.2) is 29.1 Å². The lowest BCUT2D eigenvalue weighted by molar-refractivity contribution is 0.0952. The zero-order chi connectivity index (χ0) is 17.6. The summed E-state index contributed by atoms with van der Waals surface area (Å²) in [5.41, 5.74) is 3.88. The fourth-order valence-electron chi connectivity index (χ4n) is 2.94. The van der Waals surface area contributed by atoms with Crippen LogP contribution >= 0.6 is 0 Å². The second kappa shape index (κ2) is 7.94. The van der Waals surface area contributed by atoms with Crippen molar-refractivity contribution < 1.29 is 9.53 Å². The summed E-state index contributed by atoms with van der Waals surface area (Å²) in [4.78, 5) is 16.8. The van der Waals surface area contributed by atoms with Crippen molar-refractivity contribution in [1.82, 2.24) is 14.9 Å². The molecule has 0 aliphatic rings. The Balaban J connectivity index is 1.52. The third kappa shape index (κ3) is 4.06. The van der Waals surface area contributed by atoms with E-state index in [-0.39, 0.29) is 5.91 Å². The number of hydrogen-bond acceptors (Lipinski definition) is 3. The molecular formula is C20H23N3O2. The maximum Gasteiger partial charge on any atom is 0.251 e. The van der Waals surface area contributed by atoms with E-state index in [0.29, 0.717) is 18.7 Å². The molecule has 1 amide bonds. The molecule has 1 N–H and O–H groups in total. The average Bonchev–Trinajstić information content (AvgIpc) is 2.95. The highest BCUT2D eigenvalue weighted by Crippen LogP contribution is 2.15. The molecule has 0 unspecified atom stereocenters. The van der Waals surface area contributed by atoms with E-state index in [0.717, 1.165) is 35.4 Å². The second-order valence-electron chi connectivity index (χ2n) is 6.04. The molecule has 1 heterocycles. The molecule has 2 aromatic carbocycles. The van der Waals surface area contributed by atoms with Gasteiger partial charge in [0.1, 0.15) is 5.82 Å².